The van der Waals surface area contributed by atoms with E-state index in [1.165, 1.54) is 40.4 Å². The number of nitrogens with zero attached hydrogens (tertiary/aromatic N) is 1. The topological polar surface area (TPSA) is 38.9 Å². The van der Waals surface area contributed by atoms with E-state index in [1.807, 2.05) is 11.3 Å². The van der Waals surface area contributed by atoms with Crippen molar-refractivity contribution in [1.82, 2.24) is 4.98 Å². The Bertz CT molecular complexity index is 626. The molecule has 0 amide bonds. The van der Waals surface area contributed by atoms with Crippen LogP contribution in [0.2, 0.25) is 0 Å². The zero-order chi connectivity index (χ0) is 14.3. The first kappa shape index (κ1) is 13.5. The molecule has 0 aliphatic heterocycles. The van der Waals surface area contributed by atoms with E-state index in [4.69, 9.17) is 10.7 Å². The van der Waals surface area contributed by atoms with Gasteiger partial charge in [0.1, 0.15) is 5.01 Å². The van der Waals surface area contributed by atoms with Crippen LogP contribution in [-0.2, 0) is 18.4 Å². The first-order valence-electron chi connectivity index (χ1n) is 8.07. The lowest BCUT2D eigenvalue weighted by Gasteiger charge is -2.21. The zero-order valence-electron chi connectivity index (χ0n) is 12.3. The van der Waals surface area contributed by atoms with Crippen LogP contribution in [0.15, 0.2) is 30.3 Å². The van der Waals surface area contributed by atoms with Crippen molar-refractivity contribution in [3.63, 3.8) is 0 Å². The van der Waals surface area contributed by atoms with Crippen molar-refractivity contribution in [3.8, 4) is 0 Å². The summed E-state index contributed by atoms with van der Waals surface area (Å²) in [4.78, 5) is 6.41. The normalized spacial score (nSPS) is 24.0. The van der Waals surface area contributed by atoms with Crippen LogP contribution in [0.1, 0.15) is 59.2 Å². The standard InChI is InChI=1S/C18H22N2S/c19-18(10-4-5-11-18)17-20-15-9-8-14(12-16(15)21-17)13-6-2-1-3-7-13/h1-3,6-7,14H,4-5,8-12,19H2. The molecule has 3 heteroatoms. The third-order valence-electron chi connectivity index (χ3n) is 5.13. The minimum absolute atomic E-state index is 0.121. The fourth-order valence-electron chi connectivity index (χ4n) is 3.82. The van der Waals surface area contributed by atoms with E-state index in [9.17, 15) is 0 Å². The van der Waals surface area contributed by atoms with Gasteiger partial charge in [-0.1, -0.05) is 43.2 Å². The molecule has 110 valence electrons. The molecule has 2 aliphatic rings. The molecule has 2 N–H and O–H groups in total. The van der Waals surface area contributed by atoms with Gasteiger partial charge >= 0.3 is 0 Å². The summed E-state index contributed by atoms with van der Waals surface area (Å²) >= 11 is 1.89. The summed E-state index contributed by atoms with van der Waals surface area (Å²) in [6.45, 7) is 0. The molecule has 4 rings (SSSR count). The molecule has 21 heavy (non-hydrogen) atoms. The van der Waals surface area contributed by atoms with Crippen LogP contribution >= 0.6 is 11.3 Å². The molecule has 1 atom stereocenters. The Morgan fingerprint density at radius 2 is 1.90 bits per heavy atom. The lowest BCUT2D eigenvalue weighted by Crippen LogP contribution is -2.32. The predicted molar refractivity (Wildman–Crippen MR) is 87.7 cm³/mol. The second-order valence-electron chi connectivity index (χ2n) is 6.60. The lowest BCUT2D eigenvalue weighted by atomic mass is 9.85. The maximum atomic E-state index is 6.59. The number of aromatic nitrogens is 1. The largest absolute Gasteiger partial charge is 0.319 e. The molecule has 1 saturated carbocycles. The highest BCUT2D eigenvalue weighted by Gasteiger charge is 2.36. The average molecular weight is 298 g/mol. The summed E-state index contributed by atoms with van der Waals surface area (Å²) in [5.41, 5.74) is 9.27. The summed E-state index contributed by atoms with van der Waals surface area (Å²) in [5, 5.41) is 1.21. The van der Waals surface area contributed by atoms with Crippen molar-refractivity contribution in [2.45, 2.75) is 56.4 Å². The van der Waals surface area contributed by atoms with Crippen molar-refractivity contribution >= 4 is 11.3 Å². The molecular formula is C18H22N2S. The smallest absolute Gasteiger partial charge is 0.113 e. The van der Waals surface area contributed by atoms with Crippen molar-refractivity contribution in [2.75, 3.05) is 0 Å². The summed E-state index contributed by atoms with van der Waals surface area (Å²) < 4.78 is 0. The van der Waals surface area contributed by atoms with E-state index >= 15 is 0 Å². The summed E-state index contributed by atoms with van der Waals surface area (Å²) in [7, 11) is 0. The molecule has 0 saturated heterocycles. The Kier molecular flexibility index (Phi) is 3.35. The minimum Gasteiger partial charge on any atom is -0.319 e. The Morgan fingerprint density at radius 3 is 2.67 bits per heavy atom. The minimum atomic E-state index is -0.121. The molecule has 0 spiro atoms. The van der Waals surface area contributed by atoms with Crippen LogP contribution in [0.3, 0.4) is 0 Å². The van der Waals surface area contributed by atoms with Gasteiger partial charge in [-0.2, -0.15) is 0 Å². The number of hydrogen-bond donors (Lipinski definition) is 1. The fraction of sp³-hybridized carbons (Fsp3) is 0.500. The van der Waals surface area contributed by atoms with Crippen LogP contribution in [-0.4, -0.2) is 4.98 Å². The molecule has 0 radical (unpaired) electrons. The van der Waals surface area contributed by atoms with Gasteiger partial charge in [0.25, 0.3) is 0 Å². The number of fused-ring (bicyclic) bond motifs is 1. The third kappa shape index (κ3) is 2.43. The second kappa shape index (κ2) is 5.22. The SMILES string of the molecule is NC1(c2nc3c(s2)CC(c2ccccc2)CC3)CCCC1. The highest BCUT2D eigenvalue weighted by molar-refractivity contribution is 7.11. The Labute approximate surface area is 130 Å². The first-order valence-corrected chi connectivity index (χ1v) is 8.89. The van der Waals surface area contributed by atoms with E-state index in [-0.39, 0.29) is 5.54 Å². The summed E-state index contributed by atoms with van der Waals surface area (Å²) in [5.74, 6) is 0.657. The molecule has 1 unspecified atom stereocenters. The molecule has 2 aromatic rings. The second-order valence-corrected chi connectivity index (χ2v) is 7.69. The Morgan fingerprint density at radius 1 is 1.14 bits per heavy atom. The number of benzene rings is 1. The monoisotopic (exact) mass is 298 g/mol. The van der Waals surface area contributed by atoms with Crippen LogP contribution in [0, 0.1) is 0 Å². The predicted octanol–water partition coefficient (Wildman–Crippen LogP) is 4.14. The summed E-state index contributed by atoms with van der Waals surface area (Å²) in [6.07, 6.45) is 8.22. The van der Waals surface area contributed by atoms with Gasteiger partial charge in [0.15, 0.2) is 0 Å². The molecule has 0 bridgehead atoms. The number of rotatable bonds is 2. The van der Waals surface area contributed by atoms with Gasteiger partial charge in [0.2, 0.25) is 0 Å². The van der Waals surface area contributed by atoms with Gasteiger partial charge in [-0.25, -0.2) is 4.98 Å². The van der Waals surface area contributed by atoms with Crippen LogP contribution in [0.5, 0.6) is 0 Å². The number of thiazole rings is 1. The highest BCUT2D eigenvalue weighted by atomic mass is 32.1. The van der Waals surface area contributed by atoms with Crippen LogP contribution < -0.4 is 5.73 Å². The van der Waals surface area contributed by atoms with Crippen molar-refractivity contribution in [2.24, 2.45) is 5.73 Å². The molecule has 2 aliphatic carbocycles. The molecule has 1 aromatic carbocycles. The van der Waals surface area contributed by atoms with Crippen molar-refractivity contribution in [3.05, 3.63) is 51.5 Å². The molecule has 1 fully saturated rings. The summed E-state index contributed by atoms with van der Waals surface area (Å²) in [6, 6.07) is 10.9. The van der Waals surface area contributed by atoms with Gasteiger partial charge in [-0.15, -0.1) is 11.3 Å². The lowest BCUT2D eigenvalue weighted by molar-refractivity contribution is 0.457. The van der Waals surface area contributed by atoms with Gasteiger partial charge in [0.05, 0.1) is 11.2 Å². The van der Waals surface area contributed by atoms with Gasteiger partial charge < -0.3 is 5.73 Å². The van der Waals surface area contributed by atoms with Gasteiger partial charge in [0, 0.05) is 4.88 Å². The maximum absolute atomic E-state index is 6.59. The molecule has 1 aromatic heterocycles. The van der Waals surface area contributed by atoms with Gasteiger partial charge in [-0.05, 0) is 43.6 Å². The van der Waals surface area contributed by atoms with Crippen molar-refractivity contribution in [1.29, 1.82) is 0 Å². The molecule has 1 heterocycles. The van der Waals surface area contributed by atoms with E-state index in [1.54, 1.807) is 0 Å². The number of nitrogens with two attached hydrogens (primary N) is 1. The Hall–Kier alpha value is -1.19. The zero-order valence-corrected chi connectivity index (χ0v) is 13.2. The van der Waals surface area contributed by atoms with Crippen LogP contribution in [0.25, 0.3) is 0 Å². The number of aryl methyl sites for hydroxylation is 1. The molecule has 2 nitrogen and oxygen atoms in total. The van der Waals surface area contributed by atoms with E-state index in [0.29, 0.717) is 5.92 Å². The quantitative estimate of drug-likeness (QED) is 0.905. The van der Waals surface area contributed by atoms with Gasteiger partial charge in [-0.3, -0.25) is 0 Å². The third-order valence-corrected chi connectivity index (χ3v) is 6.47. The fourth-order valence-corrected chi connectivity index (χ4v) is 5.16. The van der Waals surface area contributed by atoms with Crippen LogP contribution in [0.4, 0.5) is 0 Å². The maximum Gasteiger partial charge on any atom is 0.113 e. The highest BCUT2D eigenvalue weighted by Crippen LogP contribution is 2.42. The average Bonchev–Trinajstić information content (AvgIpc) is 3.14. The van der Waals surface area contributed by atoms with E-state index in [2.05, 4.69) is 30.3 Å². The Balaban J connectivity index is 1.60. The first-order chi connectivity index (χ1) is 10.2. The van der Waals surface area contributed by atoms with Crippen molar-refractivity contribution < 1.29 is 0 Å². The van der Waals surface area contributed by atoms with E-state index in [0.717, 1.165) is 25.7 Å². The number of hydrogen-bond acceptors (Lipinski definition) is 3. The van der Waals surface area contributed by atoms with E-state index < -0.39 is 0 Å². The molecular weight excluding hydrogens is 276 g/mol.